The summed E-state index contributed by atoms with van der Waals surface area (Å²) >= 11 is 0. The molecule has 0 aliphatic carbocycles. The first-order valence-electron chi connectivity index (χ1n) is 4.75. The van der Waals surface area contributed by atoms with Gasteiger partial charge >= 0.3 is 6.18 Å². The first-order chi connectivity index (χ1) is 6.82. The fourth-order valence-corrected chi connectivity index (χ4v) is 1.31. The lowest BCUT2D eigenvalue weighted by atomic mass is 9.95. The lowest BCUT2D eigenvalue weighted by Crippen LogP contribution is -2.17. The quantitative estimate of drug-likeness (QED) is 0.807. The number of alkyl halides is 3. The van der Waals surface area contributed by atoms with E-state index in [1.807, 2.05) is 13.8 Å². The molecule has 0 aliphatic heterocycles. The van der Waals surface area contributed by atoms with Crippen molar-refractivity contribution in [2.45, 2.75) is 26.1 Å². The smallest absolute Gasteiger partial charge is 0.324 e. The van der Waals surface area contributed by atoms with Crippen molar-refractivity contribution in [3.05, 3.63) is 35.4 Å². The molecule has 0 aromatic heterocycles. The fourth-order valence-electron chi connectivity index (χ4n) is 1.31. The Balaban J connectivity index is 3.03. The maximum atomic E-state index is 12.4. The standard InChI is InChI=1S/C11H14F3N/c1-7(2)10(15)8-4-3-5-9(6-8)11(12,13)14/h3-7,10H,15H2,1-2H3/t10-/m0/s1. The molecule has 0 unspecified atom stereocenters. The van der Waals surface area contributed by atoms with Crippen LogP contribution in [-0.4, -0.2) is 0 Å². The normalized spacial score (nSPS) is 14.3. The van der Waals surface area contributed by atoms with Gasteiger partial charge in [0.25, 0.3) is 0 Å². The Labute approximate surface area is 87.1 Å². The third-order valence-corrected chi connectivity index (χ3v) is 2.32. The molecule has 0 radical (unpaired) electrons. The Morgan fingerprint density at radius 2 is 1.80 bits per heavy atom. The van der Waals surface area contributed by atoms with Gasteiger partial charge in [-0.2, -0.15) is 13.2 Å². The summed E-state index contributed by atoms with van der Waals surface area (Å²) in [5, 5.41) is 0. The van der Waals surface area contributed by atoms with Crippen LogP contribution in [0.1, 0.15) is 31.0 Å². The highest BCUT2D eigenvalue weighted by Crippen LogP contribution is 2.31. The summed E-state index contributed by atoms with van der Waals surface area (Å²) < 4.78 is 37.2. The van der Waals surface area contributed by atoms with E-state index >= 15 is 0 Å². The van der Waals surface area contributed by atoms with Crippen LogP contribution in [0.25, 0.3) is 0 Å². The average Bonchev–Trinajstić information content (AvgIpc) is 2.15. The molecule has 4 heteroatoms. The molecule has 0 saturated heterocycles. The molecule has 0 heterocycles. The third-order valence-electron chi connectivity index (χ3n) is 2.32. The molecule has 0 fully saturated rings. The van der Waals surface area contributed by atoms with Gasteiger partial charge in [-0.1, -0.05) is 26.0 Å². The fraction of sp³-hybridized carbons (Fsp3) is 0.455. The van der Waals surface area contributed by atoms with Crippen molar-refractivity contribution >= 4 is 0 Å². The van der Waals surface area contributed by atoms with Crippen molar-refractivity contribution in [2.75, 3.05) is 0 Å². The number of halogens is 3. The van der Waals surface area contributed by atoms with E-state index in [0.29, 0.717) is 5.56 Å². The molecule has 0 amide bonds. The minimum absolute atomic E-state index is 0.119. The minimum Gasteiger partial charge on any atom is -0.324 e. The zero-order valence-corrected chi connectivity index (χ0v) is 8.68. The van der Waals surface area contributed by atoms with Crippen molar-refractivity contribution < 1.29 is 13.2 Å². The highest BCUT2D eigenvalue weighted by molar-refractivity contribution is 5.28. The van der Waals surface area contributed by atoms with E-state index in [0.717, 1.165) is 12.1 Å². The van der Waals surface area contributed by atoms with Gasteiger partial charge in [-0.15, -0.1) is 0 Å². The van der Waals surface area contributed by atoms with E-state index in [1.54, 1.807) is 6.07 Å². The van der Waals surface area contributed by atoms with Gasteiger partial charge in [0.1, 0.15) is 0 Å². The van der Waals surface area contributed by atoms with Crippen molar-refractivity contribution in [1.82, 2.24) is 0 Å². The van der Waals surface area contributed by atoms with Gasteiger partial charge in [0.2, 0.25) is 0 Å². The molecule has 84 valence electrons. The maximum Gasteiger partial charge on any atom is 0.416 e. The van der Waals surface area contributed by atoms with Gasteiger partial charge in [0, 0.05) is 6.04 Å². The van der Waals surface area contributed by atoms with Crippen LogP contribution in [0, 0.1) is 5.92 Å². The van der Waals surface area contributed by atoms with Crippen LogP contribution in [0.5, 0.6) is 0 Å². The number of rotatable bonds is 2. The van der Waals surface area contributed by atoms with E-state index in [1.165, 1.54) is 6.07 Å². The summed E-state index contributed by atoms with van der Waals surface area (Å²) in [5.41, 5.74) is 5.67. The van der Waals surface area contributed by atoms with Crippen LogP contribution in [0.3, 0.4) is 0 Å². The Bertz CT molecular complexity index is 331. The van der Waals surface area contributed by atoms with E-state index in [4.69, 9.17) is 5.73 Å². The predicted octanol–water partition coefficient (Wildman–Crippen LogP) is 3.36. The van der Waals surface area contributed by atoms with Gasteiger partial charge in [-0.25, -0.2) is 0 Å². The molecule has 1 aromatic rings. The average molecular weight is 217 g/mol. The van der Waals surface area contributed by atoms with Gasteiger partial charge in [0.15, 0.2) is 0 Å². The molecule has 15 heavy (non-hydrogen) atoms. The molecule has 0 spiro atoms. The molecule has 1 atom stereocenters. The molecule has 0 aliphatic rings. The molecular formula is C11H14F3N. The first kappa shape index (κ1) is 12.0. The molecule has 0 saturated carbocycles. The zero-order chi connectivity index (χ0) is 11.6. The number of benzene rings is 1. The summed E-state index contributed by atoms with van der Waals surface area (Å²) in [6.45, 7) is 3.76. The SMILES string of the molecule is CC(C)[C@H](N)c1cccc(C(F)(F)F)c1. The van der Waals surface area contributed by atoms with Crippen molar-refractivity contribution in [2.24, 2.45) is 11.7 Å². The highest BCUT2D eigenvalue weighted by atomic mass is 19.4. The van der Waals surface area contributed by atoms with E-state index in [9.17, 15) is 13.2 Å². The van der Waals surface area contributed by atoms with Crippen LogP contribution in [0.15, 0.2) is 24.3 Å². The van der Waals surface area contributed by atoms with E-state index in [-0.39, 0.29) is 12.0 Å². The molecule has 1 nitrogen and oxygen atoms in total. The number of hydrogen-bond acceptors (Lipinski definition) is 1. The van der Waals surface area contributed by atoms with E-state index < -0.39 is 11.7 Å². The van der Waals surface area contributed by atoms with Gasteiger partial charge in [0.05, 0.1) is 5.56 Å². The summed E-state index contributed by atoms with van der Waals surface area (Å²) in [6.07, 6.45) is -4.30. The van der Waals surface area contributed by atoms with Crippen LogP contribution >= 0.6 is 0 Å². The molecule has 1 rings (SSSR count). The van der Waals surface area contributed by atoms with Crippen LogP contribution in [0.4, 0.5) is 13.2 Å². The van der Waals surface area contributed by atoms with E-state index in [2.05, 4.69) is 0 Å². The van der Waals surface area contributed by atoms with Crippen molar-refractivity contribution in [3.63, 3.8) is 0 Å². The van der Waals surface area contributed by atoms with Crippen LogP contribution in [0.2, 0.25) is 0 Å². The number of hydrogen-bond donors (Lipinski definition) is 1. The van der Waals surface area contributed by atoms with Gasteiger partial charge in [-0.3, -0.25) is 0 Å². The lowest BCUT2D eigenvalue weighted by Gasteiger charge is -2.17. The summed E-state index contributed by atoms with van der Waals surface area (Å²) in [5.74, 6) is 0.119. The second kappa shape index (κ2) is 4.23. The number of nitrogens with two attached hydrogens (primary N) is 1. The Morgan fingerprint density at radius 1 is 1.20 bits per heavy atom. The Kier molecular flexibility index (Phi) is 3.39. The second-order valence-electron chi connectivity index (χ2n) is 3.89. The molecule has 2 N–H and O–H groups in total. The topological polar surface area (TPSA) is 26.0 Å². The molecule has 1 aromatic carbocycles. The van der Waals surface area contributed by atoms with Crippen molar-refractivity contribution in [3.8, 4) is 0 Å². The Hall–Kier alpha value is -1.03. The first-order valence-corrected chi connectivity index (χ1v) is 4.75. The third kappa shape index (κ3) is 2.96. The minimum atomic E-state index is -4.30. The van der Waals surface area contributed by atoms with Crippen LogP contribution in [-0.2, 0) is 6.18 Å². The predicted molar refractivity (Wildman–Crippen MR) is 53.2 cm³/mol. The largest absolute Gasteiger partial charge is 0.416 e. The zero-order valence-electron chi connectivity index (χ0n) is 8.68. The summed E-state index contributed by atoms with van der Waals surface area (Å²) in [6, 6.07) is 4.83. The lowest BCUT2D eigenvalue weighted by molar-refractivity contribution is -0.137. The van der Waals surface area contributed by atoms with Crippen LogP contribution < -0.4 is 5.73 Å². The maximum absolute atomic E-state index is 12.4. The highest BCUT2D eigenvalue weighted by Gasteiger charge is 2.30. The molecule has 0 bridgehead atoms. The van der Waals surface area contributed by atoms with Gasteiger partial charge in [-0.05, 0) is 23.6 Å². The Morgan fingerprint density at radius 3 is 2.27 bits per heavy atom. The summed E-state index contributed by atoms with van der Waals surface area (Å²) in [7, 11) is 0. The second-order valence-corrected chi connectivity index (χ2v) is 3.89. The monoisotopic (exact) mass is 217 g/mol. The molecular weight excluding hydrogens is 203 g/mol. The van der Waals surface area contributed by atoms with Gasteiger partial charge < -0.3 is 5.73 Å². The summed E-state index contributed by atoms with van der Waals surface area (Å²) in [4.78, 5) is 0. The van der Waals surface area contributed by atoms with Crippen molar-refractivity contribution in [1.29, 1.82) is 0 Å².